The molecule has 0 amide bonds. The summed E-state index contributed by atoms with van der Waals surface area (Å²) in [7, 11) is 3.67. The molecule has 0 saturated heterocycles. The van der Waals surface area contributed by atoms with Crippen LogP contribution in [0.3, 0.4) is 0 Å². The summed E-state index contributed by atoms with van der Waals surface area (Å²) >= 11 is 3.34. The van der Waals surface area contributed by atoms with Crippen LogP contribution in [0, 0.1) is 0 Å². The fraction of sp³-hybridized carbons (Fsp3) is 0.182. The van der Waals surface area contributed by atoms with Gasteiger partial charge >= 0.3 is 0 Å². The highest BCUT2D eigenvalue weighted by Crippen LogP contribution is 2.21. The Kier molecular flexibility index (Phi) is 2.52. The third-order valence-electron chi connectivity index (χ3n) is 2.12. The molecule has 4 heteroatoms. The minimum absolute atomic E-state index is 0.0209. The molecule has 2 rings (SSSR count). The zero-order chi connectivity index (χ0) is 11.0. The molecule has 0 aliphatic heterocycles. The summed E-state index contributed by atoms with van der Waals surface area (Å²) in [6, 6.07) is 6.87. The molecular weight excluding hydrogens is 258 g/mol. The predicted octanol–water partition coefficient (Wildman–Crippen LogP) is 2.62. The van der Waals surface area contributed by atoms with E-state index in [0.29, 0.717) is 16.9 Å². The zero-order valence-corrected chi connectivity index (χ0v) is 10.0. The van der Waals surface area contributed by atoms with Crippen molar-refractivity contribution in [2.45, 2.75) is 0 Å². The van der Waals surface area contributed by atoms with Crippen LogP contribution in [0.5, 0.6) is 0 Å². The largest absolute Gasteiger partial charge is 0.440 e. The van der Waals surface area contributed by atoms with Gasteiger partial charge in [0.2, 0.25) is 0 Å². The van der Waals surface area contributed by atoms with E-state index in [1.807, 2.05) is 20.2 Å². The lowest BCUT2D eigenvalue weighted by Crippen LogP contribution is -2.12. The summed E-state index contributed by atoms with van der Waals surface area (Å²) < 4.78 is 6.48. The summed E-state index contributed by atoms with van der Waals surface area (Å²) in [5, 5.41) is 0.601. The van der Waals surface area contributed by atoms with Crippen molar-refractivity contribution in [3.05, 3.63) is 39.0 Å². The Morgan fingerprint density at radius 1 is 1.27 bits per heavy atom. The van der Waals surface area contributed by atoms with E-state index < -0.39 is 0 Å². The SMILES string of the molecule is CN(C)c1cc(=O)c2ccc(Br)cc2o1. The van der Waals surface area contributed by atoms with E-state index in [9.17, 15) is 4.79 Å². The standard InChI is InChI=1S/C11H10BrNO2/c1-13(2)11-6-9(14)8-4-3-7(12)5-10(8)15-11/h3-6H,1-2H3. The van der Waals surface area contributed by atoms with Gasteiger partial charge in [-0.3, -0.25) is 4.79 Å². The molecule has 78 valence electrons. The van der Waals surface area contributed by atoms with Crippen molar-refractivity contribution in [3.8, 4) is 0 Å². The van der Waals surface area contributed by atoms with Gasteiger partial charge in [0.1, 0.15) is 5.58 Å². The molecule has 1 aromatic heterocycles. The Balaban J connectivity index is 2.80. The second kappa shape index (κ2) is 3.70. The maximum atomic E-state index is 11.7. The number of benzene rings is 1. The highest BCUT2D eigenvalue weighted by atomic mass is 79.9. The topological polar surface area (TPSA) is 33.5 Å². The molecule has 0 atom stereocenters. The molecule has 0 aliphatic rings. The normalized spacial score (nSPS) is 10.6. The molecule has 0 unspecified atom stereocenters. The van der Waals surface area contributed by atoms with E-state index in [2.05, 4.69) is 15.9 Å². The second-order valence-corrected chi connectivity index (χ2v) is 4.40. The van der Waals surface area contributed by atoms with Gasteiger partial charge in [-0.1, -0.05) is 15.9 Å². The molecule has 0 bridgehead atoms. The van der Waals surface area contributed by atoms with E-state index in [-0.39, 0.29) is 5.43 Å². The Hall–Kier alpha value is -1.29. The molecule has 1 aromatic carbocycles. The Bertz CT molecular complexity index is 560. The van der Waals surface area contributed by atoms with Crippen molar-refractivity contribution >= 4 is 32.8 Å². The van der Waals surface area contributed by atoms with Crippen molar-refractivity contribution in [1.82, 2.24) is 0 Å². The number of anilines is 1. The maximum Gasteiger partial charge on any atom is 0.199 e. The van der Waals surface area contributed by atoms with Crippen LogP contribution in [-0.4, -0.2) is 14.1 Å². The van der Waals surface area contributed by atoms with Crippen LogP contribution in [0.4, 0.5) is 5.88 Å². The summed E-state index contributed by atoms with van der Waals surface area (Å²) in [6.45, 7) is 0. The van der Waals surface area contributed by atoms with Gasteiger partial charge in [0.15, 0.2) is 11.3 Å². The molecule has 0 spiro atoms. The monoisotopic (exact) mass is 267 g/mol. The second-order valence-electron chi connectivity index (χ2n) is 3.48. The van der Waals surface area contributed by atoms with Crippen molar-refractivity contribution in [2.24, 2.45) is 0 Å². The minimum atomic E-state index is -0.0209. The van der Waals surface area contributed by atoms with Gasteiger partial charge in [0, 0.05) is 24.6 Å². The molecule has 0 saturated carbocycles. The number of halogens is 1. The number of nitrogens with zero attached hydrogens (tertiary/aromatic N) is 1. The van der Waals surface area contributed by atoms with E-state index in [1.54, 1.807) is 17.0 Å². The van der Waals surface area contributed by atoms with Crippen molar-refractivity contribution in [3.63, 3.8) is 0 Å². The van der Waals surface area contributed by atoms with Gasteiger partial charge in [-0.2, -0.15) is 0 Å². The van der Waals surface area contributed by atoms with E-state index >= 15 is 0 Å². The van der Waals surface area contributed by atoms with Gasteiger partial charge < -0.3 is 9.32 Å². The number of rotatable bonds is 1. The minimum Gasteiger partial charge on any atom is -0.440 e. The third kappa shape index (κ3) is 1.90. The van der Waals surface area contributed by atoms with E-state index in [1.165, 1.54) is 6.07 Å². The number of fused-ring (bicyclic) bond motifs is 1. The quantitative estimate of drug-likeness (QED) is 0.797. The highest BCUT2D eigenvalue weighted by molar-refractivity contribution is 9.10. The molecule has 2 aromatic rings. The Morgan fingerprint density at radius 2 is 2.00 bits per heavy atom. The average Bonchev–Trinajstić information content (AvgIpc) is 2.16. The van der Waals surface area contributed by atoms with Crippen molar-refractivity contribution in [2.75, 3.05) is 19.0 Å². The predicted molar refractivity (Wildman–Crippen MR) is 64.5 cm³/mol. The number of hydrogen-bond acceptors (Lipinski definition) is 3. The molecule has 15 heavy (non-hydrogen) atoms. The lowest BCUT2D eigenvalue weighted by molar-refractivity contribution is 0.597. The van der Waals surface area contributed by atoms with Crippen LogP contribution in [0.25, 0.3) is 11.0 Å². The Labute approximate surface area is 95.4 Å². The fourth-order valence-electron chi connectivity index (χ4n) is 1.34. The van der Waals surface area contributed by atoms with Gasteiger partial charge in [-0.25, -0.2) is 0 Å². The molecule has 1 heterocycles. The van der Waals surface area contributed by atoms with Gasteiger partial charge in [-0.05, 0) is 18.2 Å². The van der Waals surface area contributed by atoms with Gasteiger partial charge in [-0.15, -0.1) is 0 Å². The van der Waals surface area contributed by atoms with Crippen LogP contribution < -0.4 is 10.3 Å². The van der Waals surface area contributed by atoms with E-state index in [0.717, 1.165) is 4.47 Å². The molecule has 0 fully saturated rings. The summed E-state index contributed by atoms with van der Waals surface area (Å²) in [4.78, 5) is 13.5. The number of hydrogen-bond donors (Lipinski definition) is 0. The molecule has 0 N–H and O–H groups in total. The maximum absolute atomic E-state index is 11.7. The van der Waals surface area contributed by atoms with Crippen LogP contribution in [0.2, 0.25) is 0 Å². The smallest absolute Gasteiger partial charge is 0.199 e. The van der Waals surface area contributed by atoms with Gasteiger partial charge in [0.25, 0.3) is 0 Å². The third-order valence-corrected chi connectivity index (χ3v) is 2.61. The molecule has 0 aliphatic carbocycles. The molecule has 3 nitrogen and oxygen atoms in total. The first-order chi connectivity index (χ1) is 7.08. The lowest BCUT2D eigenvalue weighted by atomic mass is 10.2. The fourth-order valence-corrected chi connectivity index (χ4v) is 1.68. The Morgan fingerprint density at radius 3 is 2.67 bits per heavy atom. The lowest BCUT2D eigenvalue weighted by Gasteiger charge is -2.10. The first-order valence-corrected chi connectivity index (χ1v) is 5.28. The van der Waals surface area contributed by atoms with Gasteiger partial charge in [0.05, 0.1) is 5.39 Å². The first kappa shape index (κ1) is 10.2. The average molecular weight is 268 g/mol. The van der Waals surface area contributed by atoms with Crippen LogP contribution >= 0.6 is 15.9 Å². The highest BCUT2D eigenvalue weighted by Gasteiger charge is 2.05. The molecule has 0 radical (unpaired) electrons. The summed E-state index contributed by atoms with van der Waals surface area (Å²) in [5.41, 5.74) is 0.577. The van der Waals surface area contributed by atoms with Crippen molar-refractivity contribution < 1.29 is 4.42 Å². The van der Waals surface area contributed by atoms with Crippen LogP contribution in [0.1, 0.15) is 0 Å². The van der Waals surface area contributed by atoms with Crippen LogP contribution in [-0.2, 0) is 0 Å². The zero-order valence-electron chi connectivity index (χ0n) is 8.45. The summed E-state index contributed by atoms with van der Waals surface area (Å²) in [6.07, 6.45) is 0. The molecular formula is C11H10BrNO2. The van der Waals surface area contributed by atoms with Crippen molar-refractivity contribution in [1.29, 1.82) is 0 Å². The van der Waals surface area contributed by atoms with E-state index in [4.69, 9.17) is 4.42 Å². The first-order valence-electron chi connectivity index (χ1n) is 4.48. The summed E-state index contributed by atoms with van der Waals surface area (Å²) in [5.74, 6) is 0.561. The van der Waals surface area contributed by atoms with Crippen LogP contribution in [0.15, 0.2) is 37.9 Å².